The molecular weight excluding hydrogens is 383 g/mol. The van der Waals surface area contributed by atoms with Crippen molar-refractivity contribution in [2.24, 2.45) is 5.73 Å². The maximum absolute atomic E-state index is 13.8. The lowest BCUT2D eigenvalue weighted by Crippen LogP contribution is -2.43. The van der Waals surface area contributed by atoms with E-state index in [1.807, 2.05) is 0 Å². The van der Waals surface area contributed by atoms with Crippen LogP contribution in [-0.4, -0.2) is 44.7 Å². The zero-order valence-corrected chi connectivity index (χ0v) is 15.4. The number of nitrogens with zero attached hydrogens (tertiary/aromatic N) is 4. The third-order valence-electron chi connectivity index (χ3n) is 4.90. The van der Waals surface area contributed by atoms with Gasteiger partial charge in [0.2, 0.25) is 0 Å². The molecule has 150 valence electrons. The number of carbonyl (C=O) groups is 1. The molecule has 2 N–H and O–H groups in total. The van der Waals surface area contributed by atoms with E-state index in [0.29, 0.717) is 37.3 Å². The van der Waals surface area contributed by atoms with E-state index in [0.717, 1.165) is 12.1 Å². The molecule has 6 nitrogen and oxygen atoms in total. The number of benzene rings is 1. The minimum Gasteiger partial charge on any atom is -0.337 e. The Labute approximate surface area is 164 Å². The lowest BCUT2D eigenvalue weighted by Gasteiger charge is -2.29. The number of carbonyl (C=O) groups excluding carboxylic acids is 1. The number of likely N-dealkylation sites (tertiary alicyclic amines) is 1. The predicted octanol–water partition coefficient (Wildman–Crippen LogP) is 2.91. The van der Waals surface area contributed by atoms with Gasteiger partial charge in [-0.3, -0.25) is 9.78 Å². The van der Waals surface area contributed by atoms with Gasteiger partial charge in [0, 0.05) is 37.5 Å². The highest BCUT2D eigenvalue weighted by Crippen LogP contribution is 2.25. The number of nitrogens with two attached hydrogens (primary N) is 1. The molecule has 0 atom stereocenters. The summed E-state index contributed by atoms with van der Waals surface area (Å²) >= 11 is 0. The molecule has 1 saturated heterocycles. The SMILES string of the molecule is NC1CCN(C(=O)c2cc(-c3ccccn3)n(-c3cc(F)c(F)c(F)c3)n2)CC1. The first-order chi connectivity index (χ1) is 13.9. The van der Waals surface area contributed by atoms with E-state index in [1.54, 1.807) is 29.3 Å². The quantitative estimate of drug-likeness (QED) is 0.685. The van der Waals surface area contributed by atoms with E-state index >= 15 is 0 Å². The molecule has 9 heteroatoms. The second-order valence-electron chi connectivity index (χ2n) is 6.89. The molecule has 1 aromatic carbocycles. The molecule has 0 aliphatic carbocycles. The normalized spacial score (nSPS) is 15.0. The van der Waals surface area contributed by atoms with Crippen LogP contribution in [0.15, 0.2) is 42.6 Å². The number of hydrogen-bond donors (Lipinski definition) is 1. The van der Waals surface area contributed by atoms with Crippen molar-refractivity contribution in [1.29, 1.82) is 0 Å². The Hall–Kier alpha value is -3.20. The summed E-state index contributed by atoms with van der Waals surface area (Å²) in [5.74, 6) is -4.57. The Kier molecular flexibility index (Phi) is 5.06. The van der Waals surface area contributed by atoms with E-state index in [9.17, 15) is 18.0 Å². The highest BCUT2D eigenvalue weighted by atomic mass is 19.2. The molecular formula is C20H18F3N5O. The first-order valence-electron chi connectivity index (χ1n) is 9.15. The Morgan fingerprint density at radius 1 is 1.07 bits per heavy atom. The van der Waals surface area contributed by atoms with Gasteiger partial charge >= 0.3 is 0 Å². The van der Waals surface area contributed by atoms with E-state index < -0.39 is 17.5 Å². The highest BCUT2D eigenvalue weighted by molar-refractivity contribution is 5.93. The van der Waals surface area contributed by atoms with Crippen molar-refractivity contribution in [3.05, 3.63) is 65.7 Å². The number of halogens is 3. The molecule has 0 bridgehead atoms. The first-order valence-corrected chi connectivity index (χ1v) is 9.15. The monoisotopic (exact) mass is 401 g/mol. The largest absolute Gasteiger partial charge is 0.337 e. The van der Waals surface area contributed by atoms with Gasteiger partial charge in [-0.05, 0) is 31.0 Å². The molecule has 1 aliphatic heterocycles. The summed E-state index contributed by atoms with van der Waals surface area (Å²) in [6.45, 7) is 1.01. The number of amides is 1. The molecule has 3 heterocycles. The second-order valence-corrected chi connectivity index (χ2v) is 6.89. The molecule has 3 aromatic rings. The van der Waals surface area contributed by atoms with Crippen LogP contribution < -0.4 is 5.73 Å². The van der Waals surface area contributed by atoms with Crippen LogP contribution in [0, 0.1) is 17.5 Å². The van der Waals surface area contributed by atoms with Gasteiger partial charge in [0.25, 0.3) is 5.91 Å². The first kappa shape index (κ1) is 19.1. The van der Waals surface area contributed by atoms with E-state index in [1.165, 1.54) is 10.7 Å². The Morgan fingerprint density at radius 3 is 2.38 bits per heavy atom. The average molecular weight is 401 g/mol. The smallest absolute Gasteiger partial charge is 0.274 e. The molecule has 1 fully saturated rings. The fourth-order valence-electron chi connectivity index (χ4n) is 3.31. The molecule has 4 rings (SSSR count). The molecule has 0 spiro atoms. The van der Waals surface area contributed by atoms with Gasteiger partial charge in [-0.2, -0.15) is 5.10 Å². The van der Waals surface area contributed by atoms with Crippen molar-refractivity contribution in [2.45, 2.75) is 18.9 Å². The van der Waals surface area contributed by atoms with Crippen LogP contribution in [0.4, 0.5) is 13.2 Å². The third-order valence-corrected chi connectivity index (χ3v) is 4.90. The van der Waals surface area contributed by atoms with Crippen LogP contribution >= 0.6 is 0 Å². The third kappa shape index (κ3) is 3.73. The molecule has 1 amide bonds. The predicted molar refractivity (Wildman–Crippen MR) is 99.8 cm³/mol. The Bertz CT molecular complexity index is 1020. The van der Waals surface area contributed by atoms with Gasteiger partial charge in [0.05, 0.1) is 17.1 Å². The number of rotatable bonds is 3. The van der Waals surface area contributed by atoms with Crippen molar-refractivity contribution < 1.29 is 18.0 Å². The number of hydrogen-bond acceptors (Lipinski definition) is 4. The molecule has 29 heavy (non-hydrogen) atoms. The standard InChI is InChI=1S/C20H18F3N5O/c21-14-9-13(10-15(22)19(14)23)28-18(16-3-1-2-6-25-16)11-17(26-28)20(29)27-7-4-12(24)5-8-27/h1-3,6,9-12H,4-5,7-8,24H2. The zero-order valence-electron chi connectivity index (χ0n) is 15.4. The molecule has 0 saturated carbocycles. The van der Waals surface area contributed by atoms with Gasteiger partial charge in [-0.1, -0.05) is 6.07 Å². The minimum absolute atomic E-state index is 0.0539. The Balaban J connectivity index is 1.79. The summed E-state index contributed by atoms with van der Waals surface area (Å²) in [6.07, 6.45) is 2.92. The average Bonchev–Trinajstić information content (AvgIpc) is 3.18. The van der Waals surface area contributed by atoms with E-state index in [4.69, 9.17) is 5.73 Å². The summed E-state index contributed by atoms with van der Waals surface area (Å²) in [5, 5.41) is 4.26. The van der Waals surface area contributed by atoms with Crippen molar-refractivity contribution in [3.8, 4) is 17.1 Å². The summed E-state index contributed by atoms with van der Waals surface area (Å²) in [5.41, 5.74) is 6.74. The van der Waals surface area contributed by atoms with E-state index in [2.05, 4.69) is 10.1 Å². The van der Waals surface area contributed by atoms with Crippen LogP contribution in [0.3, 0.4) is 0 Å². The van der Waals surface area contributed by atoms with Crippen LogP contribution in [0.25, 0.3) is 17.1 Å². The fourth-order valence-corrected chi connectivity index (χ4v) is 3.31. The zero-order chi connectivity index (χ0) is 20.5. The van der Waals surface area contributed by atoms with Crippen LogP contribution in [0.5, 0.6) is 0 Å². The summed E-state index contributed by atoms with van der Waals surface area (Å²) in [6, 6.07) is 8.35. The number of aromatic nitrogens is 3. The maximum atomic E-state index is 13.8. The Morgan fingerprint density at radius 2 is 1.76 bits per heavy atom. The molecule has 2 aromatic heterocycles. The molecule has 0 radical (unpaired) electrons. The molecule has 0 unspecified atom stereocenters. The lowest BCUT2D eigenvalue weighted by molar-refractivity contribution is 0.0708. The van der Waals surface area contributed by atoms with Crippen LogP contribution in [0.2, 0.25) is 0 Å². The molecule has 1 aliphatic rings. The van der Waals surface area contributed by atoms with Gasteiger partial charge in [0.1, 0.15) is 0 Å². The highest BCUT2D eigenvalue weighted by Gasteiger charge is 2.26. The number of piperidine rings is 1. The van der Waals surface area contributed by atoms with Gasteiger partial charge in [-0.25, -0.2) is 17.9 Å². The minimum atomic E-state index is -1.57. The van der Waals surface area contributed by atoms with Crippen LogP contribution in [0.1, 0.15) is 23.3 Å². The van der Waals surface area contributed by atoms with Crippen molar-refractivity contribution in [1.82, 2.24) is 19.7 Å². The van der Waals surface area contributed by atoms with Gasteiger partial charge in [-0.15, -0.1) is 0 Å². The topological polar surface area (TPSA) is 77.0 Å². The second kappa shape index (κ2) is 7.67. The summed E-state index contributed by atoms with van der Waals surface area (Å²) in [4.78, 5) is 18.8. The van der Waals surface area contributed by atoms with Gasteiger partial charge in [0.15, 0.2) is 23.1 Å². The summed E-state index contributed by atoms with van der Waals surface area (Å²) < 4.78 is 42.2. The van der Waals surface area contributed by atoms with Crippen molar-refractivity contribution >= 4 is 5.91 Å². The van der Waals surface area contributed by atoms with E-state index in [-0.39, 0.29) is 23.3 Å². The van der Waals surface area contributed by atoms with Crippen LogP contribution in [-0.2, 0) is 0 Å². The fraction of sp³-hybridized carbons (Fsp3) is 0.250. The summed E-state index contributed by atoms with van der Waals surface area (Å²) in [7, 11) is 0. The van der Waals surface area contributed by atoms with Gasteiger partial charge < -0.3 is 10.6 Å². The van der Waals surface area contributed by atoms with Crippen molar-refractivity contribution in [2.75, 3.05) is 13.1 Å². The number of pyridine rings is 1. The lowest BCUT2D eigenvalue weighted by atomic mass is 10.1. The maximum Gasteiger partial charge on any atom is 0.274 e. The van der Waals surface area contributed by atoms with Crippen molar-refractivity contribution in [3.63, 3.8) is 0 Å².